The third kappa shape index (κ3) is 3.89. The summed E-state index contributed by atoms with van der Waals surface area (Å²) in [6, 6.07) is 5.72. The lowest BCUT2D eigenvalue weighted by atomic mass is 10.1. The predicted octanol–water partition coefficient (Wildman–Crippen LogP) is 4.31. The number of hydrogen-bond donors (Lipinski definition) is 1. The summed E-state index contributed by atoms with van der Waals surface area (Å²) in [6.07, 6.45) is 4.18. The fourth-order valence-electron chi connectivity index (χ4n) is 2.63. The Morgan fingerprint density at radius 1 is 1.30 bits per heavy atom. The summed E-state index contributed by atoms with van der Waals surface area (Å²) < 4.78 is 0. The first-order chi connectivity index (χ1) is 9.58. The van der Waals surface area contributed by atoms with Gasteiger partial charge in [-0.1, -0.05) is 31.5 Å². The Labute approximate surface area is 126 Å². The standard InChI is InChI=1S/C16H23ClN2O/c1-12(2)11-15(20)18-14-8-6-7-13(17)16(14)19-9-4-3-5-10-19/h6-8,12H,3-5,9-11H2,1-2H3,(H,18,20). The second-order valence-electron chi connectivity index (χ2n) is 5.83. The third-order valence-corrected chi connectivity index (χ3v) is 3.83. The van der Waals surface area contributed by atoms with Gasteiger partial charge in [-0.3, -0.25) is 4.79 Å². The normalized spacial score (nSPS) is 15.5. The van der Waals surface area contributed by atoms with Crippen LogP contribution in [0.1, 0.15) is 39.5 Å². The maximum Gasteiger partial charge on any atom is 0.224 e. The Morgan fingerprint density at radius 2 is 2.00 bits per heavy atom. The van der Waals surface area contributed by atoms with Gasteiger partial charge in [-0.15, -0.1) is 0 Å². The van der Waals surface area contributed by atoms with Crippen molar-refractivity contribution in [3.05, 3.63) is 23.2 Å². The molecule has 2 rings (SSSR count). The Morgan fingerprint density at radius 3 is 2.65 bits per heavy atom. The molecule has 0 radical (unpaired) electrons. The molecule has 0 atom stereocenters. The molecule has 0 saturated carbocycles. The number of benzene rings is 1. The van der Waals surface area contributed by atoms with Crippen LogP contribution in [0, 0.1) is 5.92 Å². The summed E-state index contributed by atoms with van der Waals surface area (Å²) in [5.74, 6) is 0.410. The first-order valence-electron chi connectivity index (χ1n) is 7.41. The highest BCUT2D eigenvalue weighted by atomic mass is 35.5. The molecule has 3 nitrogen and oxygen atoms in total. The second kappa shape index (κ2) is 6.98. The zero-order valence-corrected chi connectivity index (χ0v) is 13.0. The molecule has 110 valence electrons. The van der Waals surface area contributed by atoms with Crippen LogP contribution in [0.3, 0.4) is 0 Å². The predicted molar refractivity (Wildman–Crippen MR) is 85.6 cm³/mol. The van der Waals surface area contributed by atoms with Crippen molar-refractivity contribution >= 4 is 28.9 Å². The Bertz CT molecular complexity index is 468. The molecular weight excluding hydrogens is 272 g/mol. The number of amides is 1. The lowest BCUT2D eigenvalue weighted by Gasteiger charge is -2.31. The van der Waals surface area contributed by atoms with E-state index in [4.69, 9.17) is 11.6 Å². The van der Waals surface area contributed by atoms with Gasteiger partial charge in [0.1, 0.15) is 0 Å². The molecule has 1 fully saturated rings. The third-order valence-electron chi connectivity index (χ3n) is 3.53. The van der Waals surface area contributed by atoms with E-state index < -0.39 is 0 Å². The van der Waals surface area contributed by atoms with Crippen molar-refractivity contribution in [2.45, 2.75) is 39.5 Å². The highest BCUT2D eigenvalue weighted by molar-refractivity contribution is 6.34. The number of nitrogens with one attached hydrogen (secondary N) is 1. The molecule has 1 aromatic rings. The van der Waals surface area contributed by atoms with E-state index >= 15 is 0 Å². The van der Waals surface area contributed by atoms with Crippen LogP contribution in [-0.4, -0.2) is 19.0 Å². The fourth-order valence-corrected chi connectivity index (χ4v) is 2.92. The number of rotatable bonds is 4. The van der Waals surface area contributed by atoms with Gasteiger partial charge in [0, 0.05) is 19.5 Å². The van der Waals surface area contributed by atoms with Crippen molar-refractivity contribution in [3.63, 3.8) is 0 Å². The van der Waals surface area contributed by atoms with Gasteiger partial charge in [0.05, 0.1) is 16.4 Å². The van der Waals surface area contributed by atoms with Crippen LogP contribution in [-0.2, 0) is 4.79 Å². The summed E-state index contributed by atoms with van der Waals surface area (Å²) in [7, 11) is 0. The van der Waals surface area contributed by atoms with Gasteiger partial charge in [0.25, 0.3) is 0 Å². The molecule has 0 bridgehead atoms. The molecule has 1 amide bonds. The molecule has 1 saturated heterocycles. The number of para-hydroxylation sites is 1. The highest BCUT2D eigenvalue weighted by Gasteiger charge is 2.18. The summed E-state index contributed by atoms with van der Waals surface area (Å²) in [5.41, 5.74) is 1.82. The second-order valence-corrected chi connectivity index (χ2v) is 6.24. The van der Waals surface area contributed by atoms with Crippen LogP contribution >= 0.6 is 11.6 Å². The van der Waals surface area contributed by atoms with E-state index in [0.29, 0.717) is 17.4 Å². The van der Waals surface area contributed by atoms with Gasteiger partial charge >= 0.3 is 0 Å². The molecule has 20 heavy (non-hydrogen) atoms. The first-order valence-corrected chi connectivity index (χ1v) is 7.79. The van der Waals surface area contributed by atoms with Crippen LogP contribution in [0.4, 0.5) is 11.4 Å². The van der Waals surface area contributed by atoms with E-state index in [-0.39, 0.29) is 5.91 Å². The van der Waals surface area contributed by atoms with Crippen molar-refractivity contribution in [1.29, 1.82) is 0 Å². The van der Waals surface area contributed by atoms with Crippen LogP contribution in [0.2, 0.25) is 5.02 Å². The van der Waals surface area contributed by atoms with Gasteiger partial charge < -0.3 is 10.2 Å². The summed E-state index contributed by atoms with van der Waals surface area (Å²) in [4.78, 5) is 14.3. The Balaban J connectivity index is 2.19. The lowest BCUT2D eigenvalue weighted by molar-refractivity contribution is -0.116. The van der Waals surface area contributed by atoms with Gasteiger partial charge in [-0.25, -0.2) is 0 Å². The van der Waals surface area contributed by atoms with Crippen LogP contribution in [0.5, 0.6) is 0 Å². The molecule has 4 heteroatoms. The van der Waals surface area contributed by atoms with Gasteiger partial charge in [0.15, 0.2) is 0 Å². The van der Waals surface area contributed by atoms with E-state index in [1.807, 2.05) is 32.0 Å². The number of anilines is 2. The molecule has 1 heterocycles. The smallest absolute Gasteiger partial charge is 0.224 e. The molecule has 1 aliphatic rings. The van der Waals surface area contributed by atoms with Gasteiger partial charge in [-0.2, -0.15) is 0 Å². The number of carbonyl (C=O) groups excluding carboxylic acids is 1. The largest absolute Gasteiger partial charge is 0.369 e. The number of carbonyl (C=O) groups is 1. The van der Waals surface area contributed by atoms with Crippen molar-refractivity contribution in [1.82, 2.24) is 0 Å². The monoisotopic (exact) mass is 294 g/mol. The van der Waals surface area contributed by atoms with Gasteiger partial charge in [-0.05, 0) is 37.3 Å². The average Bonchev–Trinajstić information content (AvgIpc) is 2.39. The maximum absolute atomic E-state index is 12.0. The zero-order chi connectivity index (χ0) is 14.5. The van der Waals surface area contributed by atoms with Crippen molar-refractivity contribution < 1.29 is 4.79 Å². The topological polar surface area (TPSA) is 32.3 Å². The molecule has 0 unspecified atom stereocenters. The van der Waals surface area contributed by atoms with Crippen molar-refractivity contribution in [2.75, 3.05) is 23.3 Å². The minimum atomic E-state index is 0.0560. The molecule has 0 spiro atoms. The number of halogens is 1. The highest BCUT2D eigenvalue weighted by Crippen LogP contribution is 2.35. The van der Waals surface area contributed by atoms with Crippen molar-refractivity contribution in [2.24, 2.45) is 5.92 Å². The molecular formula is C16H23ClN2O. The summed E-state index contributed by atoms with van der Waals surface area (Å²) in [5, 5.41) is 3.73. The van der Waals surface area contributed by atoms with E-state index in [0.717, 1.165) is 24.5 Å². The van der Waals surface area contributed by atoms with Crippen LogP contribution in [0.25, 0.3) is 0 Å². The van der Waals surface area contributed by atoms with E-state index in [9.17, 15) is 4.79 Å². The van der Waals surface area contributed by atoms with E-state index in [1.165, 1.54) is 19.3 Å². The Hall–Kier alpha value is -1.22. The van der Waals surface area contributed by atoms with E-state index in [1.54, 1.807) is 0 Å². The first kappa shape index (κ1) is 15.2. The molecule has 0 aliphatic carbocycles. The SMILES string of the molecule is CC(C)CC(=O)Nc1cccc(Cl)c1N1CCCCC1. The summed E-state index contributed by atoms with van der Waals surface area (Å²) >= 11 is 6.36. The van der Waals surface area contributed by atoms with Crippen LogP contribution in [0.15, 0.2) is 18.2 Å². The minimum Gasteiger partial charge on any atom is -0.369 e. The lowest BCUT2D eigenvalue weighted by Crippen LogP contribution is -2.30. The molecule has 0 aromatic heterocycles. The summed E-state index contributed by atoms with van der Waals surface area (Å²) in [6.45, 7) is 6.11. The van der Waals surface area contributed by atoms with E-state index in [2.05, 4.69) is 10.2 Å². The molecule has 1 aliphatic heterocycles. The number of hydrogen-bond acceptors (Lipinski definition) is 2. The number of nitrogens with zero attached hydrogens (tertiary/aromatic N) is 1. The molecule has 1 N–H and O–H groups in total. The Kier molecular flexibility index (Phi) is 5.30. The minimum absolute atomic E-state index is 0.0560. The number of piperidine rings is 1. The molecule has 1 aromatic carbocycles. The quantitative estimate of drug-likeness (QED) is 0.897. The fraction of sp³-hybridized carbons (Fsp3) is 0.562. The van der Waals surface area contributed by atoms with Gasteiger partial charge in [0.2, 0.25) is 5.91 Å². The maximum atomic E-state index is 12.0. The zero-order valence-electron chi connectivity index (χ0n) is 12.3. The average molecular weight is 295 g/mol. The van der Waals surface area contributed by atoms with Crippen LogP contribution < -0.4 is 10.2 Å². The van der Waals surface area contributed by atoms with Crippen molar-refractivity contribution in [3.8, 4) is 0 Å².